The highest BCUT2D eigenvalue weighted by atomic mass is 31.0. The summed E-state index contributed by atoms with van der Waals surface area (Å²) in [4.78, 5) is 15.5. The summed E-state index contributed by atoms with van der Waals surface area (Å²) in [5.74, 6) is -0.630. The third-order valence-corrected chi connectivity index (χ3v) is 4.41. The summed E-state index contributed by atoms with van der Waals surface area (Å²) in [6, 6.07) is 6.45. The fourth-order valence-electron chi connectivity index (χ4n) is 2.68. The highest BCUT2D eigenvalue weighted by molar-refractivity contribution is 7.27. The number of rotatable bonds is 4. The van der Waals surface area contributed by atoms with Gasteiger partial charge >= 0.3 is 0 Å². The van der Waals surface area contributed by atoms with Gasteiger partial charge in [-0.2, -0.15) is 0 Å². The second-order valence-electron chi connectivity index (χ2n) is 6.19. The Hall–Kier alpha value is -1.75. The molecule has 28 heavy (non-hydrogen) atoms. The number of nitrogens with two attached hydrogens (primary N) is 1. The predicted molar refractivity (Wildman–Crippen MR) is 110 cm³/mol. The number of carbonyl (C=O) groups is 1. The van der Waals surface area contributed by atoms with Gasteiger partial charge in [-0.3, -0.25) is 4.79 Å². The van der Waals surface area contributed by atoms with E-state index in [0.29, 0.717) is 23.6 Å². The number of benzene rings is 1. The third-order valence-electron chi connectivity index (χ3n) is 3.84. The minimum atomic E-state index is -2.64. The van der Waals surface area contributed by atoms with Crippen LogP contribution in [0.3, 0.4) is 0 Å². The zero-order valence-electron chi connectivity index (χ0n) is 15.3. The number of hydrogen-bond donors (Lipinski definition) is 2. The Morgan fingerprint density at radius 3 is 2.61 bits per heavy atom. The van der Waals surface area contributed by atoms with Crippen molar-refractivity contribution < 1.29 is 22.7 Å². The van der Waals surface area contributed by atoms with E-state index in [-0.39, 0.29) is 18.1 Å². The lowest BCUT2D eigenvalue weighted by atomic mass is 9.95. The van der Waals surface area contributed by atoms with Gasteiger partial charge in [-0.25, -0.2) is 18.2 Å². The largest absolute Gasteiger partial charge is 0.477 e. The molecule has 1 aliphatic heterocycles. The second kappa shape index (κ2) is 9.64. The van der Waals surface area contributed by atoms with Crippen LogP contribution in [0.25, 0.3) is 11.1 Å². The molecule has 3 rings (SSSR count). The molecule has 2 atom stereocenters. The van der Waals surface area contributed by atoms with Crippen LogP contribution in [0.1, 0.15) is 22.5 Å². The van der Waals surface area contributed by atoms with E-state index >= 15 is 0 Å². The van der Waals surface area contributed by atoms with Crippen molar-refractivity contribution in [2.24, 2.45) is 5.73 Å². The van der Waals surface area contributed by atoms with E-state index in [1.807, 2.05) is 0 Å². The molecule has 5 nitrogen and oxygen atoms in total. The molecule has 0 saturated heterocycles. The van der Waals surface area contributed by atoms with E-state index in [0.717, 1.165) is 23.7 Å². The molecule has 2 heterocycles. The Balaban J connectivity index is 0.000000345. The van der Waals surface area contributed by atoms with Crippen LogP contribution in [0, 0.1) is 5.82 Å². The molecule has 1 aromatic heterocycles. The number of primary amides is 1. The summed E-state index contributed by atoms with van der Waals surface area (Å²) in [5, 5.41) is 3.09. The number of alkyl halides is 2. The predicted octanol–water partition coefficient (Wildman–Crippen LogP) is 2.49. The number of nitrogens with one attached hydrogen (secondary N) is 1. The lowest BCUT2D eigenvalue weighted by molar-refractivity contribution is 0.0993. The van der Waals surface area contributed by atoms with E-state index in [1.54, 1.807) is 12.1 Å². The number of fused-ring (bicyclic) bond motifs is 1. The zero-order valence-corrected chi connectivity index (χ0v) is 17.6. The van der Waals surface area contributed by atoms with Crippen molar-refractivity contribution in [2.75, 3.05) is 20.2 Å². The van der Waals surface area contributed by atoms with Gasteiger partial charge < -0.3 is 15.8 Å². The monoisotopic (exact) mass is 431 g/mol. The standard InChI is InChI=1S/C15H14FN2O2P.C3H8F2NP/c16-12-6-8(21)3-4-9(12)11-7-13(14(17)19)18-15-10(11)2-1-5-20-15;1-6-2-3(4,5)7/h3-4,6-7H,1-2,5,21H2,(H2,17,19);6H,2,7H2,1H3. The van der Waals surface area contributed by atoms with Crippen LogP contribution in [0.2, 0.25) is 0 Å². The molecule has 3 N–H and O–H groups in total. The fourth-order valence-corrected chi connectivity index (χ4v) is 3.13. The van der Waals surface area contributed by atoms with E-state index in [1.165, 1.54) is 28.4 Å². The molecule has 1 aliphatic rings. The molecule has 0 fully saturated rings. The summed E-state index contributed by atoms with van der Waals surface area (Å²) in [7, 11) is 5.37. The van der Waals surface area contributed by atoms with Crippen molar-refractivity contribution in [2.45, 2.75) is 18.5 Å². The normalized spacial score (nSPS) is 13.1. The first-order valence-corrected chi connectivity index (χ1v) is 9.61. The maximum Gasteiger partial charge on any atom is 0.271 e. The van der Waals surface area contributed by atoms with Crippen molar-refractivity contribution in [1.82, 2.24) is 10.3 Å². The minimum Gasteiger partial charge on any atom is -0.477 e. The molecule has 2 unspecified atom stereocenters. The van der Waals surface area contributed by atoms with E-state index in [4.69, 9.17) is 10.5 Å². The topological polar surface area (TPSA) is 77.2 Å². The van der Waals surface area contributed by atoms with Gasteiger partial charge in [-0.15, -0.1) is 9.24 Å². The zero-order chi connectivity index (χ0) is 20.9. The third kappa shape index (κ3) is 6.13. The summed E-state index contributed by atoms with van der Waals surface area (Å²) in [6.07, 6.45) is 1.57. The SMILES string of the molecule is CNCC(F)(F)P.NC(=O)c1cc(-c2ccc(P)cc2F)c2c(n1)OCCC2. The average molecular weight is 431 g/mol. The minimum absolute atomic E-state index is 0.0833. The van der Waals surface area contributed by atoms with Crippen LogP contribution < -0.4 is 21.1 Å². The van der Waals surface area contributed by atoms with Gasteiger partial charge in [0.1, 0.15) is 11.5 Å². The maximum absolute atomic E-state index is 14.2. The highest BCUT2D eigenvalue weighted by Gasteiger charge is 2.22. The van der Waals surface area contributed by atoms with Gasteiger partial charge in [-0.05, 0) is 42.9 Å². The second-order valence-corrected chi connectivity index (χ2v) is 7.70. The Morgan fingerprint density at radius 2 is 2.07 bits per heavy atom. The summed E-state index contributed by atoms with van der Waals surface area (Å²) < 4.78 is 43.0. The van der Waals surface area contributed by atoms with Gasteiger partial charge in [0.05, 0.1) is 13.2 Å². The van der Waals surface area contributed by atoms with Crippen LogP contribution in [-0.2, 0) is 6.42 Å². The first kappa shape index (κ1) is 22.5. The van der Waals surface area contributed by atoms with Gasteiger partial charge in [-0.1, -0.05) is 21.4 Å². The smallest absolute Gasteiger partial charge is 0.271 e. The molecule has 0 spiro atoms. The molecule has 1 aromatic carbocycles. The number of aromatic nitrogens is 1. The number of halogens is 3. The number of carbonyl (C=O) groups excluding carboxylic acids is 1. The molecule has 0 bridgehead atoms. The van der Waals surface area contributed by atoms with Crippen LogP contribution >= 0.6 is 18.5 Å². The molecule has 152 valence electrons. The number of amides is 1. The van der Waals surface area contributed by atoms with Crippen molar-refractivity contribution in [3.8, 4) is 17.0 Å². The molecular formula is C18H22F3N3O2P2. The van der Waals surface area contributed by atoms with Gasteiger partial charge in [0, 0.05) is 11.1 Å². The summed E-state index contributed by atoms with van der Waals surface area (Å²) >= 11 is 0. The van der Waals surface area contributed by atoms with Gasteiger partial charge in [0.25, 0.3) is 11.6 Å². The molecule has 10 heteroatoms. The number of nitrogens with zero attached hydrogens (tertiary/aromatic N) is 1. The molecule has 2 aromatic rings. The first-order valence-electron chi connectivity index (χ1n) is 8.45. The maximum atomic E-state index is 14.2. The van der Waals surface area contributed by atoms with Crippen LogP contribution in [0.4, 0.5) is 13.2 Å². The molecule has 0 radical (unpaired) electrons. The Labute approximate surface area is 166 Å². The van der Waals surface area contributed by atoms with Crippen molar-refractivity contribution in [1.29, 1.82) is 0 Å². The van der Waals surface area contributed by atoms with Crippen LogP contribution in [-0.4, -0.2) is 36.8 Å². The number of ether oxygens (including phenoxy) is 1. The van der Waals surface area contributed by atoms with E-state index in [9.17, 15) is 18.0 Å². The average Bonchev–Trinajstić information content (AvgIpc) is 2.60. The number of hydrogen-bond acceptors (Lipinski definition) is 4. The quantitative estimate of drug-likeness (QED) is 0.730. The Kier molecular flexibility index (Phi) is 7.76. The van der Waals surface area contributed by atoms with Crippen LogP contribution in [0.15, 0.2) is 24.3 Å². The first-order chi connectivity index (χ1) is 13.1. The Morgan fingerprint density at radius 1 is 1.36 bits per heavy atom. The van der Waals surface area contributed by atoms with Gasteiger partial charge in [0.2, 0.25) is 5.88 Å². The number of pyridine rings is 1. The highest BCUT2D eigenvalue weighted by Crippen LogP contribution is 2.34. The van der Waals surface area contributed by atoms with E-state index < -0.39 is 11.6 Å². The van der Waals surface area contributed by atoms with Crippen LogP contribution in [0.5, 0.6) is 5.88 Å². The van der Waals surface area contributed by atoms with Crippen molar-refractivity contribution >= 4 is 29.7 Å². The van der Waals surface area contributed by atoms with E-state index in [2.05, 4.69) is 19.5 Å². The Bertz CT molecular complexity index is 861. The lowest BCUT2D eigenvalue weighted by Gasteiger charge is -2.20. The molecule has 0 saturated carbocycles. The summed E-state index contributed by atoms with van der Waals surface area (Å²) in [6.45, 7) is 0.256. The lowest BCUT2D eigenvalue weighted by Crippen LogP contribution is -2.23. The van der Waals surface area contributed by atoms with Gasteiger partial charge in [0.15, 0.2) is 0 Å². The van der Waals surface area contributed by atoms with Crippen molar-refractivity contribution in [3.05, 3.63) is 41.3 Å². The fraction of sp³-hybridized carbons (Fsp3) is 0.333. The molecule has 0 aliphatic carbocycles. The van der Waals surface area contributed by atoms with Crippen molar-refractivity contribution in [3.63, 3.8) is 0 Å². The molecule has 1 amide bonds. The summed E-state index contributed by atoms with van der Waals surface area (Å²) in [5.41, 5.74) is 4.61. The molecular weight excluding hydrogens is 409 g/mol.